The number of rotatable bonds is 8. The van der Waals surface area contributed by atoms with Gasteiger partial charge in [0.25, 0.3) is 0 Å². The van der Waals surface area contributed by atoms with Crippen LogP contribution in [-0.2, 0) is 17.4 Å². The van der Waals surface area contributed by atoms with E-state index in [4.69, 9.17) is 4.74 Å². The molecule has 0 saturated carbocycles. The highest BCUT2D eigenvalue weighted by molar-refractivity contribution is 7.14. The Bertz CT molecular complexity index is 925. The fraction of sp³-hybridized carbons (Fsp3) is 0.263. The Balaban J connectivity index is 1.40. The second kappa shape index (κ2) is 9.38. The molecule has 1 aromatic carbocycles. The van der Waals surface area contributed by atoms with Crippen molar-refractivity contribution < 1.29 is 27.8 Å². The van der Waals surface area contributed by atoms with Gasteiger partial charge in [-0.15, -0.1) is 11.3 Å². The van der Waals surface area contributed by atoms with Crippen molar-refractivity contribution >= 4 is 28.6 Å². The fourth-order valence-corrected chi connectivity index (χ4v) is 3.89. The van der Waals surface area contributed by atoms with Crippen LogP contribution in [0.5, 0.6) is 5.75 Å². The van der Waals surface area contributed by atoms with Crippen LogP contribution in [0.15, 0.2) is 46.5 Å². The van der Waals surface area contributed by atoms with E-state index in [0.717, 1.165) is 22.7 Å². The predicted molar refractivity (Wildman–Crippen MR) is 105 cm³/mol. The van der Waals surface area contributed by atoms with E-state index in [9.17, 15) is 23.1 Å². The van der Waals surface area contributed by atoms with Gasteiger partial charge in [0.1, 0.15) is 23.5 Å². The number of hydrogen-bond donors (Lipinski definition) is 2. The van der Waals surface area contributed by atoms with Gasteiger partial charge in [-0.2, -0.15) is 24.5 Å². The molecule has 0 aliphatic rings. The summed E-state index contributed by atoms with van der Waals surface area (Å²) in [5.41, 5.74) is 0.883. The lowest BCUT2D eigenvalue weighted by Gasteiger charge is -2.14. The first-order valence-corrected chi connectivity index (χ1v) is 10.4. The summed E-state index contributed by atoms with van der Waals surface area (Å²) in [6, 6.07) is 6.13. The van der Waals surface area contributed by atoms with Gasteiger partial charge in [-0.25, -0.2) is 4.98 Å². The van der Waals surface area contributed by atoms with E-state index in [1.807, 2.05) is 22.2 Å². The number of aliphatic hydroxyl groups is 1. The van der Waals surface area contributed by atoms with Crippen LogP contribution in [0, 0.1) is 0 Å². The Hall–Kier alpha value is -2.43. The molecule has 3 rings (SSSR count). The van der Waals surface area contributed by atoms with Crippen LogP contribution >= 0.6 is 22.7 Å². The number of aromatic nitrogens is 1. The maximum absolute atomic E-state index is 12.5. The quantitative estimate of drug-likeness (QED) is 0.554. The summed E-state index contributed by atoms with van der Waals surface area (Å²) in [6.45, 7) is -0.203. The van der Waals surface area contributed by atoms with E-state index in [0.29, 0.717) is 5.69 Å². The maximum Gasteiger partial charge on any atom is 0.416 e. The lowest BCUT2D eigenvalue weighted by molar-refractivity contribution is -0.137. The first-order chi connectivity index (χ1) is 13.8. The van der Waals surface area contributed by atoms with Crippen LogP contribution in [0.4, 0.5) is 13.2 Å². The van der Waals surface area contributed by atoms with Crippen molar-refractivity contribution in [1.82, 2.24) is 10.3 Å². The summed E-state index contributed by atoms with van der Waals surface area (Å²) in [4.78, 5) is 16.4. The van der Waals surface area contributed by atoms with Crippen molar-refractivity contribution in [2.45, 2.75) is 18.7 Å². The molecule has 0 radical (unpaired) electrons. The number of alkyl halides is 3. The number of halogens is 3. The molecule has 3 aromatic rings. The predicted octanol–water partition coefficient (Wildman–Crippen LogP) is 3.99. The van der Waals surface area contributed by atoms with Crippen molar-refractivity contribution in [3.63, 3.8) is 0 Å². The molecule has 0 bridgehead atoms. The van der Waals surface area contributed by atoms with Crippen LogP contribution in [0.3, 0.4) is 0 Å². The Morgan fingerprint density at radius 1 is 1.21 bits per heavy atom. The highest BCUT2D eigenvalue weighted by Gasteiger charge is 2.30. The van der Waals surface area contributed by atoms with E-state index in [2.05, 4.69) is 10.3 Å². The molecule has 2 aromatic heterocycles. The van der Waals surface area contributed by atoms with Gasteiger partial charge in [0.15, 0.2) is 0 Å². The zero-order valence-electron chi connectivity index (χ0n) is 15.0. The van der Waals surface area contributed by atoms with Crippen LogP contribution < -0.4 is 10.1 Å². The molecular formula is C19H17F3N2O3S2. The Labute approximate surface area is 172 Å². The van der Waals surface area contributed by atoms with Gasteiger partial charge in [0, 0.05) is 22.9 Å². The minimum Gasteiger partial charge on any atom is -0.491 e. The number of amides is 1. The van der Waals surface area contributed by atoms with Gasteiger partial charge in [-0.1, -0.05) is 0 Å². The number of carbonyl (C=O) groups is 1. The number of nitrogens with one attached hydrogen (secondary N) is 1. The third-order valence-corrected chi connectivity index (χ3v) is 5.44. The standard InChI is InChI=1S/C19H17F3N2O3S2/c20-19(21,22)13-1-3-16(4-2-13)27-9-15(25)8-23-17(26)7-14-11-29-18(24-14)12-5-6-28-10-12/h1-6,10-11,15,25H,7-9H2,(H,23,26)/t15-/m1/s1. The molecule has 10 heteroatoms. The third-order valence-electron chi connectivity index (χ3n) is 3.82. The molecule has 2 N–H and O–H groups in total. The molecule has 1 atom stereocenters. The minimum atomic E-state index is -4.41. The number of thiophene rings is 1. The van der Waals surface area contributed by atoms with Crippen LogP contribution in [0.25, 0.3) is 10.6 Å². The lowest BCUT2D eigenvalue weighted by atomic mass is 10.2. The topological polar surface area (TPSA) is 71.5 Å². The number of aliphatic hydroxyl groups excluding tert-OH is 1. The van der Waals surface area contributed by atoms with E-state index in [1.165, 1.54) is 23.5 Å². The molecule has 0 fully saturated rings. The van der Waals surface area contributed by atoms with Gasteiger partial charge < -0.3 is 15.2 Å². The second-order valence-corrected chi connectivity index (χ2v) is 7.76. The SMILES string of the molecule is O=C(Cc1csc(-c2ccsc2)n1)NC[C@@H](O)COc1ccc(C(F)(F)F)cc1. The molecule has 29 heavy (non-hydrogen) atoms. The summed E-state index contributed by atoms with van der Waals surface area (Å²) >= 11 is 3.03. The molecule has 5 nitrogen and oxygen atoms in total. The number of benzene rings is 1. The van der Waals surface area contributed by atoms with Gasteiger partial charge in [-0.05, 0) is 35.7 Å². The summed E-state index contributed by atoms with van der Waals surface area (Å²) in [6.07, 6.45) is -5.32. The number of nitrogens with zero attached hydrogens (tertiary/aromatic N) is 1. The Kier molecular flexibility index (Phi) is 6.88. The first kappa shape index (κ1) is 21.3. The fourth-order valence-electron chi connectivity index (χ4n) is 2.36. The average molecular weight is 442 g/mol. The molecule has 0 aliphatic heterocycles. The third kappa shape index (κ3) is 6.28. The second-order valence-electron chi connectivity index (χ2n) is 6.12. The number of ether oxygens (including phenoxy) is 1. The lowest BCUT2D eigenvalue weighted by Crippen LogP contribution is -2.36. The molecule has 2 heterocycles. The smallest absolute Gasteiger partial charge is 0.416 e. The molecule has 1 amide bonds. The Morgan fingerprint density at radius 3 is 2.62 bits per heavy atom. The van der Waals surface area contributed by atoms with E-state index in [-0.39, 0.29) is 31.2 Å². The number of carbonyl (C=O) groups excluding carboxylic acids is 1. The molecule has 0 spiro atoms. The van der Waals surface area contributed by atoms with Crippen molar-refractivity contribution in [2.75, 3.05) is 13.2 Å². The molecule has 154 valence electrons. The maximum atomic E-state index is 12.5. The summed E-state index contributed by atoms with van der Waals surface area (Å²) in [5, 5.41) is 19.1. The zero-order chi connectivity index (χ0) is 20.9. The van der Waals surface area contributed by atoms with Gasteiger partial charge >= 0.3 is 6.18 Å². The average Bonchev–Trinajstić information content (AvgIpc) is 3.36. The summed E-state index contributed by atoms with van der Waals surface area (Å²) < 4.78 is 42.8. The number of thiazole rings is 1. The van der Waals surface area contributed by atoms with Crippen molar-refractivity contribution in [1.29, 1.82) is 0 Å². The van der Waals surface area contributed by atoms with Crippen LogP contribution in [0.1, 0.15) is 11.3 Å². The van der Waals surface area contributed by atoms with E-state index >= 15 is 0 Å². The van der Waals surface area contributed by atoms with E-state index in [1.54, 1.807) is 11.3 Å². The van der Waals surface area contributed by atoms with Crippen molar-refractivity contribution in [2.24, 2.45) is 0 Å². The molecule has 0 aliphatic carbocycles. The van der Waals surface area contributed by atoms with Gasteiger partial charge in [0.05, 0.1) is 17.7 Å². The zero-order valence-corrected chi connectivity index (χ0v) is 16.6. The van der Waals surface area contributed by atoms with Gasteiger partial charge in [-0.3, -0.25) is 4.79 Å². The van der Waals surface area contributed by atoms with Crippen LogP contribution in [-0.4, -0.2) is 35.3 Å². The van der Waals surface area contributed by atoms with Gasteiger partial charge in [0.2, 0.25) is 5.91 Å². The monoisotopic (exact) mass is 442 g/mol. The first-order valence-electron chi connectivity index (χ1n) is 8.53. The molecule has 0 unspecified atom stereocenters. The number of hydrogen-bond acceptors (Lipinski definition) is 6. The highest BCUT2D eigenvalue weighted by Crippen LogP contribution is 2.30. The summed E-state index contributed by atoms with van der Waals surface area (Å²) in [7, 11) is 0. The molecule has 0 saturated heterocycles. The Morgan fingerprint density at radius 2 is 1.97 bits per heavy atom. The summed E-state index contributed by atoms with van der Waals surface area (Å²) in [5.74, 6) is -0.0902. The van der Waals surface area contributed by atoms with E-state index < -0.39 is 17.8 Å². The van der Waals surface area contributed by atoms with Crippen LogP contribution in [0.2, 0.25) is 0 Å². The minimum absolute atomic E-state index is 0.0407. The molecular weight excluding hydrogens is 425 g/mol. The normalized spacial score (nSPS) is 12.6. The van der Waals surface area contributed by atoms with Crippen molar-refractivity contribution in [3.05, 3.63) is 57.7 Å². The van der Waals surface area contributed by atoms with Crippen molar-refractivity contribution in [3.8, 4) is 16.3 Å². The highest BCUT2D eigenvalue weighted by atomic mass is 32.1. The largest absolute Gasteiger partial charge is 0.491 e.